The predicted molar refractivity (Wildman–Crippen MR) is 121 cm³/mol. The van der Waals surface area contributed by atoms with Crippen LogP contribution in [0.4, 0.5) is 5.69 Å². The third-order valence-electron chi connectivity index (χ3n) is 4.31. The van der Waals surface area contributed by atoms with E-state index >= 15 is 0 Å². The first-order chi connectivity index (χ1) is 13.3. The fraction of sp³-hybridized carbons (Fsp3) is 0.500. The number of aryl methyl sites for hydroxylation is 1. The van der Waals surface area contributed by atoms with Gasteiger partial charge in [0.1, 0.15) is 0 Å². The van der Waals surface area contributed by atoms with E-state index in [4.69, 9.17) is 4.98 Å². The molecule has 3 aromatic heterocycles. The van der Waals surface area contributed by atoms with Crippen molar-refractivity contribution in [2.75, 3.05) is 5.32 Å². The molecule has 2 N–H and O–H groups in total. The van der Waals surface area contributed by atoms with Crippen molar-refractivity contribution >= 4 is 38.6 Å². The van der Waals surface area contributed by atoms with E-state index in [0.717, 1.165) is 29.9 Å². The molecule has 0 radical (unpaired) electrons. The second-order valence-electron chi connectivity index (χ2n) is 6.00. The van der Waals surface area contributed by atoms with Gasteiger partial charge >= 0.3 is 0 Å². The van der Waals surface area contributed by atoms with Crippen molar-refractivity contribution in [2.45, 2.75) is 73.0 Å². The summed E-state index contributed by atoms with van der Waals surface area (Å²) in [6.07, 6.45) is 3.62. The summed E-state index contributed by atoms with van der Waals surface area (Å²) in [5, 5.41) is 15.3. The standard InChI is InChI=1S/C18H20N2OS2.2C2H6/c1-2-15-16(11-5-6-11)17-18(23-15)14(8-12(10-21)20-17)19-9-13-4-3-7-22-13;2*1-2/h3-4,7-8,11,21H,2,5-6,9-10H2,1H3,(H,19,20);2*1-2H3. The molecule has 0 unspecified atom stereocenters. The molecule has 3 heterocycles. The fourth-order valence-corrected chi connectivity index (χ4v) is 4.95. The highest BCUT2D eigenvalue weighted by Crippen LogP contribution is 2.49. The number of nitrogens with zero attached hydrogens (tertiary/aromatic N) is 1. The summed E-state index contributed by atoms with van der Waals surface area (Å²) in [6.45, 7) is 11.0. The first-order valence-electron chi connectivity index (χ1n) is 10.1. The molecule has 3 nitrogen and oxygen atoms in total. The molecule has 0 aromatic carbocycles. The van der Waals surface area contributed by atoms with Crippen molar-refractivity contribution < 1.29 is 5.11 Å². The molecule has 1 aliphatic carbocycles. The van der Waals surface area contributed by atoms with E-state index in [-0.39, 0.29) is 6.61 Å². The van der Waals surface area contributed by atoms with Crippen LogP contribution in [0, 0.1) is 0 Å². The molecule has 1 aliphatic rings. The first-order valence-corrected chi connectivity index (χ1v) is 11.8. The van der Waals surface area contributed by atoms with Crippen LogP contribution in [0.15, 0.2) is 23.6 Å². The Morgan fingerprint density at radius 3 is 2.52 bits per heavy atom. The lowest BCUT2D eigenvalue weighted by Gasteiger charge is -2.09. The highest BCUT2D eigenvalue weighted by atomic mass is 32.1. The van der Waals surface area contributed by atoms with E-state index in [1.54, 1.807) is 11.3 Å². The molecule has 1 fully saturated rings. The predicted octanol–water partition coefficient (Wildman–Crippen LogP) is 6.95. The van der Waals surface area contributed by atoms with Gasteiger partial charge in [-0.05, 0) is 48.3 Å². The van der Waals surface area contributed by atoms with Crippen molar-refractivity contribution in [1.82, 2.24) is 4.98 Å². The van der Waals surface area contributed by atoms with Gasteiger partial charge in [0, 0.05) is 16.3 Å². The number of hydrogen-bond donors (Lipinski definition) is 2. The van der Waals surface area contributed by atoms with Crippen molar-refractivity contribution in [3.8, 4) is 0 Å². The average Bonchev–Trinajstić information content (AvgIpc) is 3.29. The zero-order chi connectivity index (χ0) is 19.8. The molecular weight excluding hydrogens is 372 g/mol. The van der Waals surface area contributed by atoms with E-state index < -0.39 is 0 Å². The van der Waals surface area contributed by atoms with E-state index in [1.165, 1.54) is 32.9 Å². The normalized spacial score (nSPS) is 12.8. The fourth-order valence-electron chi connectivity index (χ4n) is 3.05. The SMILES string of the molecule is CC.CC.CCc1sc2c(NCc3cccs3)cc(CO)nc2c1C1CC1. The zero-order valence-electron chi connectivity index (χ0n) is 17.1. The molecule has 5 heteroatoms. The van der Waals surface area contributed by atoms with Gasteiger partial charge in [-0.15, -0.1) is 22.7 Å². The van der Waals surface area contributed by atoms with Crippen molar-refractivity contribution in [2.24, 2.45) is 0 Å². The minimum Gasteiger partial charge on any atom is -0.390 e. The third kappa shape index (κ3) is 5.09. The number of aliphatic hydroxyl groups excluding tert-OH is 1. The Balaban J connectivity index is 0.000000614. The quantitative estimate of drug-likeness (QED) is 0.467. The van der Waals surface area contributed by atoms with Gasteiger partial charge in [-0.2, -0.15) is 0 Å². The second-order valence-corrected chi connectivity index (χ2v) is 8.13. The van der Waals surface area contributed by atoms with Crippen molar-refractivity contribution in [3.05, 3.63) is 44.6 Å². The highest BCUT2D eigenvalue weighted by molar-refractivity contribution is 7.19. The molecule has 0 saturated heterocycles. The first kappa shape index (κ1) is 21.9. The summed E-state index contributed by atoms with van der Waals surface area (Å²) in [4.78, 5) is 7.53. The molecule has 27 heavy (non-hydrogen) atoms. The molecule has 0 spiro atoms. The number of rotatable bonds is 6. The van der Waals surface area contributed by atoms with Gasteiger partial charge in [0.15, 0.2) is 0 Å². The molecular formula is C22H32N2OS2. The number of nitrogens with one attached hydrogen (secondary N) is 1. The molecule has 0 bridgehead atoms. The number of aliphatic hydroxyl groups is 1. The molecule has 4 rings (SSSR count). The Labute approximate surface area is 171 Å². The van der Waals surface area contributed by atoms with E-state index in [0.29, 0.717) is 5.92 Å². The number of thiophene rings is 2. The summed E-state index contributed by atoms with van der Waals surface area (Å²) in [5.74, 6) is 0.685. The van der Waals surface area contributed by atoms with Gasteiger partial charge in [0.05, 0.1) is 28.2 Å². The number of pyridine rings is 1. The van der Waals surface area contributed by atoms with Crippen LogP contribution in [0.1, 0.15) is 74.4 Å². The molecule has 0 atom stereocenters. The van der Waals surface area contributed by atoms with Crippen LogP contribution < -0.4 is 5.32 Å². The Hall–Kier alpha value is -1.43. The van der Waals surface area contributed by atoms with Gasteiger partial charge < -0.3 is 10.4 Å². The topological polar surface area (TPSA) is 45.1 Å². The Morgan fingerprint density at radius 1 is 1.22 bits per heavy atom. The van der Waals surface area contributed by atoms with Gasteiger partial charge in [0.25, 0.3) is 0 Å². The molecule has 148 valence electrons. The lowest BCUT2D eigenvalue weighted by Crippen LogP contribution is -2.00. The third-order valence-corrected chi connectivity index (χ3v) is 6.56. The average molecular weight is 405 g/mol. The zero-order valence-corrected chi connectivity index (χ0v) is 18.8. The molecule has 1 saturated carbocycles. The Kier molecular flexibility index (Phi) is 8.74. The van der Waals surface area contributed by atoms with Crippen LogP contribution in [0.25, 0.3) is 10.2 Å². The summed E-state index contributed by atoms with van der Waals surface area (Å²) >= 11 is 3.63. The van der Waals surface area contributed by atoms with Crippen LogP contribution in [-0.2, 0) is 19.6 Å². The summed E-state index contributed by atoms with van der Waals surface area (Å²) in [7, 11) is 0. The maximum Gasteiger partial charge on any atom is 0.0872 e. The van der Waals surface area contributed by atoms with Crippen molar-refractivity contribution in [3.63, 3.8) is 0 Å². The van der Waals surface area contributed by atoms with Gasteiger partial charge in [-0.3, -0.25) is 0 Å². The van der Waals surface area contributed by atoms with Gasteiger partial charge in [0.2, 0.25) is 0 Å². The van der Waals surface area contributed by atoms with Crippen LogP contribution in [0.2, 0.25) is 0 Å². The smallest absolute Gasteiger partial charge is 0.0872 e. The van der Waals surface area contributed by atoms with Gasteiger partial charge in [-0.1, -0.05) is 40.7 Å². The van der Waals surface area contributed by atoms with E-state index in [9.17, 15) is 5.11 Å². The second kappa shape index (κ2) is 10.8. The van der Waals surface area contributed by atoms with Gasteiger partial charge in [-0.25, -0.2) is 4.98 Å². The minimum atomic E-state index is -0.00890. The molecule has 0 aliphatic heterocycles. The number of fused-ring (bicyclic) bond motifs is 1. The molecule has 0 amide bonds. The van der Waals surface area contributed by atoms with Crippen molar-refractivity contribution in [1.29, 1.82) is 0 Å². The molecule has 3 aromatic rings. The number of hydrogen-bond acceptors (Lipinski definition) is 5. The lowest BCUT2D eigenvalue weighted by molar-refractivity contribution is 0.277. The Morgan fingerprint density at radius 2 is 1.96 bits per heavy atom. The van der Waals surface area contributed by atoms with E-state index in [1.807, 2.05) is 45.1 Å². The van der Waals surface area contributed by atoms with Crippen LogP contribution in [0.5, 0.6) is 0 Å². The highest BCUT2D eigenvalue weighted by Gasteiger charge is 2.30. The van der Waals surface area contributed by atoms with Crippen LogP contribution in [0.3, 0.4) is 0 Å². The lowest BCUT2D eigenvalue weighted by atomic mass is 10.1. The summed E-state index contributed by atoms with van der Waals surface area (Å²) in [6, 6.07) is 6.22. The maximum atomic E-state index is 9.60. The van der Waals surface area contributed by atoms with Crippen LogP contribution in [-0.4, -0.2) is 10.1 Å². The largest absolute Gasteiger partial charge is 0.390 e. The summed E-state index contributed by atoms with van der Waals surface area (Å²) < 4.78 is 1.25. The number of aromatic nitrogens is 1. The van der Waals surface area contributed by atoms with Crippen LogP contribution >= 0.6 is 22.7 Å². The maximum absolute atomic E-state index is 9.60. The number of anilines is 1. The van der Waals surface area contributed by atoms with E-state index in [2.05, 4.69) is 29.8 Å². The monoisotopic (exact) mass is 404 g/mol. The Bertz CT molecular complexity index is 821. The summed E-state index contributed by atoms with van der Waals surface area (Å²) in [5.41, 5.74) is 4.43. The minimum absolute atomic E-state index is 0.00890.